The second-order valence-corrected chi connectivity index (χ2v) is 5.20. The maximum Gasteiger partial charge on any atom is 0.273 e. The van der Waals surface area contributed by atoms with Gasteiger partial charge in [0.15, 0.2) is 0 Å². The van der Waals surface area contributed by atoms with Gasteiger partial charge in [0.05, 0.1) is 12.5 Å². The van der Waals surface area contributed by atoms with Crippen molar-refractivity contribution in [2.45, 2.75) is 12.8 Å². The zero-order valence-electron chi connectivity index (χ0n) is 12.5. The minimum absolute atomic E-state index is 0.0711. The fraction of sp³-hybridized carbons (Fsp3) is 0.125. The van der Waals surface area contributed by atoms with Gasteiger partial charge in [-0.05, 0) is 24.3 Å². The molecule has 3 rings (SSSR count). The first kappa shape index (κ1) is 15.6. The summed E-state index contributed by atoms with van der Waals surface area (Å²) in [6, 6.07) is 5.40. The first-order valence-corrected chi connectivity index (χ1v) is 7.20. The van der Waals surface area contributed by atoms with Crippen LogP contribution in [-0.2, 0) is 17.6 Å². The first-order chi connectivity index (χ1) is 11.6. The van der Waals surface area contributed by atoms with E-state index in [9.17, 15) is 14.0 Å². The zero-order chi connectivity index (χ0) is 16.9. The standard InChI is InChI=1S/C16H14FN5O2/c17-11-1-3-12(4-2-11)21-16(24)15-10(7-20-22-15)5-14(23)6-13-8-18-9-19-13/h1-4,7-9H,5-6H2,(H,18,19)(H,20,22)(H,21,24). The van der Waals surface area contributed by atoms with Crippen LogP contribution in [0.25, 0.3) is 0 Å². The molecule has 122 valence electrons. The largest absolute Gasteiger partial charge is 0.348 e. The number of nitrogens with zero attached hydrogens (tertiary/aromatic N) is 2. The topological polar surface area (TPSA) is 104 Å². The molecular weight excluding hydrogens is 313 g/mol. The maximum absolute atomic E-state index is 12.9. The summed E-state index contributed by atoms with van der Waals surface area (Å²) in [6.45, 7) is 0. The van der Waals surface area contributed by atoms with Crippen LogP contribution < -0.4 is 5.32 Å². The van der Waals surface area contributed by atoms with Crippen LogP contribution in [0.5, 0.6) is 0 Å². The van der Waals surface area contributed by atoms with E-state index in [4.69, 9.17) is 0 Å². The molecule has 2 aromatic heterocycles. The second kappa shape index (κ2) is 6.86. The first-order valence-electron chi connectivity index (χ1n) is 7.20. The summed E-state index contributed by atoms with van der Waals surface area (Å²) in [7, 11) is 0. The zero-order valence-corrected chi connectivity index (χ0v) is 12.5. The highest BCUT2D eigenvalue weighted by Crippen LogP contribution is 2.13. The number of carbonyl (C=O) groups excluding carboxylic acids is 2. The normalized spacial score (nSPS) is 10.5. The lowest BCUT2D eigenvalue weighted by atomic mass is 10.1. The van der Waals surface area contributed by atoms with E-state index in [0.29, 0.717) is 16.9 Å². The van der Waals surface area contributed by atoms with Crippen molar-refractivity contribution in [3.05, 3.63) is 65.8 Å². The van der Waals surface area contributed by atoms with Gasteiger partial charge in [0.25, 0.3) is 5.91 Å². The third-order valence-electron chi connectivity index (χ3n) is 3.38. The van der Waals surface area contributed by atoms with Gasteiger partial charge in [-0.15, -0.1) is 0 Å². The molecule has 0 saturated carbocycles. The molecule has 0 unspecified atom stereocenters. The molecule has 0 saturated heterocycles. The number of H-pyrrole nitrogens is 2. The number of benzene rings is 1. The Kier molecular flexibility index (Phi) is 4.46. The van der Waals surface area contributed by atoms with E-state index in [1.807, 2.05) is 0 Å². The predicted molar refractivity (Wildman–Crippen MR) is 83.9 cm³/mol. The molecule has 0 aliphatic heterocycles. The molecule has 8 heteroatoms. The van der Waals surface area contributed by atoms with Crippen molar-refractivity contribution in [1.82, 2.24) is 20.2 Å². The Morgan fingerprint density at radius 3 is 2.62 bits per heavy atom. The van der Waals surface area contributed by atoms with Crippen LogP contribution in [0.4, 0.5) is 10.1 Å². The number of ketones is 1. The quantitative estimate of drug-likeness (QED) is 0.643. The number of carbonyl (C=O) groups is 2. The highest BCUT2D eigenvalue weighted by atomic mass is 19.1. The van der Waals surface area contributed by atoms with Crippen molar-refractivity contribution in [3.8, 4) is 0 Å². The van der Waals surface area contributed by atoms with Crippen molar-refractivity contribution in [3.63, 3.8) is 0 Å². The van der Waals surface area contributed by atoms with Crippen molar-refractivity contribution < 1.29 is 14.0 Å². The summed E-state index contributed by atoms with van der Waals surface area (Å²) >= 11 is 0. The molecule has 0 fully saturated rings. The van der Waals surface area contributed by atoms with Gasteiger partial charge in [0.1, 0.15) is 17.3 Å². The van der Waals surface area contributed by atoms with E-state index >= 15 is 0 Å². The summed E-state index contributed by atoms with van der Waals surface area (Å²) in [6.07, 6.45) is 4.80. The average molecular weight is 327 g/mol. The summed E-state index contributed by atoms with van der Waals surface area (Å²) in [5, 5.41) is 9.05. The lowest BCUT2D eigenvalue weighted by molar-refractivity contribution is -0.117. The van der Waals surface area contributed by atoms with Gasteiger partial charge in [-0.2, -0.15) is 5.10 Å². The Labute approximate surface area is 136 Å². The minimum atomic E-state index is -0.441. The summed E-state index contributed by atoms with van der Waals surface area (Å²) in [5.74, 6) is -0.903. The van der Waals surface area contributed by atoms with Crippen molar-refractivity contribution in [2.75, 3.05) is 5.32 Å². The van der Waals surface area contributed by atoms with Crippen LogP contribution in [0.2, 0.25) is 0 Å². The van der Waals surface area contributed by atoms with Gasteiger partial charge in [-0.3, -0.25) is 14.7 Å². The van der Waals surface area contributed by atoms with Crippen molar-refractivity contribution in [2.24, 2.45) is 0 Å². The number of hydrogen-bond acceptors (Lipinski definition) is 4. The van der Waals surface area contributed by atoms with E-state index in [0.717, 1.165) is 0 Å². The predicted octanol–water partition coefficient (Wildman–Crippen LogP) is 1.88. The van der Waals surface area contributed by atoms with Gasteiger partial charge in [0.2, 0.25) is 0 Å². The van der Waals surface area contributed by atoms with Gasteiger partial charge in [-0.1, -0.05) is 0 Å². The highest BCUT2D eigenvalue weighted by molar-refractivity contribution is 6.04. The third kappa shape index (κ3) is 3.72. The molecule has 0 bridgehead atoms. The molecule has 7 nitrogen and oxygen atoms in total. The minimum Gasteiger partial charge on any atom is -0.348 e. The molecule has 0 radical (unpaired) electrons. The molecule has 0 spiro atoms. The number of amides is 1. The Hall–Kier alpha value is -3.29. The van der Waals surface area contributed by atoms with Crippen LogP contribution in [0.3, 0.4) is 0 Å². The number of Topliss-reactive ketones (excluding diaryl/α,β-unsaturated/α-hetero) is 1. The van der Waals surface area contributed by atoms with Crippen molar-refractivity contribution >= 4 is 17.4 Å². The number of nitrogens with one attached hydrogen (secondary N) is 3. The highest BCUT2D eigenvalue weighted by Gasteiger charge is 2.17. The van der Waals surface area contributed by atoms with Crippen LogP contribution in [-0.4, -0.2) is 31.9 Å². The number of anilines is 1. The molecule has 1 amide bonds. The van der Waals surface area contributed by atoms with Crippen molar-refractivity contribution in [1.29, 1.82) is 0 Å². The van der Waals surface area contributed by atoms with Crippen LogP contribution >= 0.6 is 0 Å². The molecule has 0 aliphatic carbocycles. The smallest absolute Gasteiger partial charge is 0.273 e. The number of rotatable bonds is 6. The SMILES string of the molecule is O=C(Cc1cnc[nH]1)Cc1cn[nH]c1C(=O)Nc1ccc(F)cc1. The van der Waals surface area contributed by atoms with E-state index in [1.165, 1.54) is 36.8 Å². The van der Waals surface area contributed by atoms with E-state index in [-0.39, 0.29) is 30.1 Å². The Balaban J connectivity index is 1.66. The van der Waals surface area contributed by atoms with Gasteiger partial charge >= 0.3 is 0 Å². The Morgan fingerprint density at radius 2 is 1.92 bits per heavy atom. The lowest BCUT2D eigenvalue weighted by Crippen LogP contribution is -2.16. The fourth-order valence-electron chi connectivity index (χ4n) is 2.24. The van der Waals surface area contributed by atoms with E-state index < -0.39 is 5.91 Å². The van der Waals surface area contributed by atoms with Crippen LogP contribution in [0.1, 0.15) is 21.7 Å². The van der Waals surface area contributed by atoms with Gasteiger partial charge < -0.3 is 10.3 Å². The molecule has 1 aromatic carbocycles. The third-order valence-corrected chi connectivity index (χ3v) is 3.38. The molecule has 0 aliphatic rings. The number of aromatic amines is 2. The molecule has 2 heterocycles. The van der Waals surface area contributed by atoms with Gasteiger partial charge in [0, 0.05) is 36.0 Å². The maximum atomic E-state index is 12.9. The Morgan fingerprint density at radius 1 is 1.12 bits per heavy atom. The number of halogens is 1. The monoisotopic (exact) mass is 327 g/mol. The number of aromatic nitrogens is 4. The molecule has 3 N–H and O–H groups in total. The number of hydrogen-bond donors (Lipinski definition) is 3. The van der Waals surface area contributed by atoms with Crippen LogP contribution in [0.15, 0.2) is 43.0 Å². The molecule has 0 atom stereocenters. The summed E-state index contributed by atoms with van der Waals surface area (Å²) in [5.41, 5.74) is 1.86. The Bertz CT molecular complexity index is 840. The molecular formula is C16H14FN5O2. The van der Waals surface area contributed by atoms with Gasteiger partial charge in [-0.25, -0.2) is 9.37 Å². The molecule has 3 aromatic rings. The summed E-state index contributed by atoms with van der Waals surface area (Å²) < 4.78 is 12.9. The lowest BCUT2D eigenvalue weighted by Gasteiger charge is -2.05. The average Bonchev–Trinajstić information content (AvgIpc) is 3.21. The number of imidazole rings is 1. The second-order valence-electron chi connectivity index (χ2n) is 5.20. The molecule has 24 heavy (non-hydrogen) atoms. The van der Waals surface area contributed by atoms with E-state index in [1.54, 1.807) is 6.20 Å². The van der Waals surface area contributed by atoms with E-state index in [2.05, 4.69) is 25.5 Å². The van der Waals surface area contributed by atoms with Crippen LogP contribution in [0, 0.1) is 5.82 Å². The summed E-state index contributed by atoms with van der Waals surface area (Å²) in [4.78, 5) is 31.1. The fourth-order valence-corrected chi connectivity index (χ4v) is 2.24.